The van der Waals surface area contributed by atoms with Crippen molar-refractivity contribution in [3.8, 4) is 11.5 Å². The molecule has 0 atom stereocenters. The van der Waals surface area contributed by atoms with Gasteiger partial charge in [-0.2, -0.15) is 0 Å². The van der Waals surface area contributed by atoms with Gasteiger partial charge in [-0.25, -0.2) is 0 Å². The Labute approximate surface area is 173 Å². The zero-order valence-electron chi connectivity index (χ0n) is 16.4. The third-order valence-corrected chi connectivity index (χ3v) is 5.69. The van der Waals surface area contributed by atoms with E-state index in [9.17, 15) is 14.4 Å². The van der Waals surface area contributed by atoms with Gasteiger partial charge in [0, 0.05) is 19.5 Å². The summed E-state index contributed by atoms with van der Waals surface area (Å²) in [5.41, 5.74) is 2.09. The van der Waals surface area contributed by atoms with E-state index in [4.69, 9.17) is 14.2 Å². The van der Waals surface area contributed by atoms with Crippen LogP contribution >= 0.6 is 11.3 Å². The third kappa shape index (κ3) is 5.14. The number of fused-ring (bicyclic) bond motifs is 1. The lowest BCUT2D eigenvalue weighted by Crippen LogP contribution is -2.38. The van der Waals surface area contributed by atoms with Crippen molar-refractivity contribution >= 4 is 29.0 Å². The number of hydrogen-bond donors (Lipinski definition) is 0. The molecule has 1 aromatic carbocycles. The molecule has 8 heteroatoms. The summed E-state index contributed by atoms with van der Waals surface area (Å²) in [6, 6.07) is 7.31. The lowest BCUT2D eigenvalue weighted by molar-refractivity contribution is -0.152. The first-order valence-electron chi connectivity index (χ1n) is 9.25. The molecule has 3 rings (SSSR count). The molecule has 1 aromatic heterocycles. The molecular formula is C21H23NO6S. The van der Waals surface area contributed by atoms with Crippen LogP contribution in [0.5, 0.6) is 11.5 Å². The molecule has 29 heavy (non-hydrogen) atoms. The molecule has 0 spiro atoms. The number of nitrogens with zero attached hydrogens (tertiary/aromatic N) is 1. The SMILES string of the molecule is COc1cc2c(cc1OC)CN(C(=O)COC(=O)CCC(=O)c1cccs1)CC2. The van der Waals surface area contributed by atoms with Gasteiger partial charge in [0.05, 0.1) is 25.5 Å². The number of ketones is 1. The van der Waals surface area contributed by atoms with Gasteiger partial charge in [0.25, 0.3) is 5.91 Å². The van der Waals surface area contributed by atoms with Gasteiger partial charge in [0.2, 0.25) is 0 Å². The van der Waals surface area contributed by atoms with Gasteiger partial charge in [-0.05, 0) is 41.1 Å². The maximum atomic E-state index is 12.4. The summed E-state index contributed by atoms with van der Waals surface area (Å²) in [5, 5.41) is 1.81. The largest absolute Gasteiger partial charge is 0.493 e. The first kappa shape index (κ1) is 20.9. The highest BCUT2D eigenvalue weighted by molar-refractivity contribution is 7.12. The molecule has 7 nitrogen and oxygen atoms in total. The molecule has 0 fully saturated rings. The van der Waals surface area contributed by atoms with Gasteiger partial charge in [0.15, 0.2) is 23.9 Å². The van der Waals surface area contributed by atoms with Crippen molar-refractivity contribution in [3.63, 3.8) is 0 Å². The number of hydrogen-bond acceptors (Lipinski definition) is 7. The predicted octanol–water partition coefficient (Wildman–Crippen LogP) is 2.86. The maximum absolute atomic E-state index is 12.4. The zero-order valence-corrected chi connectivity index (χ0v) is 17.3. The molecule has 0 saturated carbocycles. The van der Waals surface area contributed by atoms with Gasteiger partial charge >= 0.3 is 5.97 Å². The minimum absolute atomic E-state index is 0.0379. The predicted molar refractivity (Wildman–Crippen MR) is 108 cm³/mol. The fourth-order valence-corrected chi connectivity index (χ4v) is 3.87. The Morgan fingerprint density at radius 1 is 1.07 bits per heavy atom. The van der Waals surface area contributed by atoms with Crippen LogP contribution in [-0.4, -0.2) is 49.9 Å². The zero-order chi connectivity index (χ0) is 20.8. The van der Waals surface area contributed by atoms with Crippen molar-refractivity contribution in [2.24, 2.45) is 0 Å². The lowest BCUT2D eigenvalue weighted by atomic mass is 9.99. The van der Waals surface area contributed by atoms with Gasteiger partial charge in [-0.15, -0.1) is 11.3 Å². The van der Waals surface area contributed by atoms with Crippen LogP contribution in [0.15, 0.2) is 29.6 Å². The van der Waals surface area contributed by atoms with Crippen molar-refractivity contribution < 1.29 is 28.6 Å². The maximum Gasteiger partial charge on any atom is 0.306 e. The van der Waals surface area contributed by atoms with Crippen LogP contribution in [0, 0.1) is 0 Å². The number of amides is 1. The van der Waals surface area contributed by atoms with Gasteiger partial charge < -0.3 is 19.1 Å². The summed E-state index contributed by atoms with van der Waals surface area (Å²) in [7, 11) is 3.16. The Morgan fingerprint density at radius 2 is 1.79 bits per heavy atom. The van der Waals surface area contributed by atoms with Gasteiger partial charge in [-0.1, -0.05) is 6.07 Å². The number of esters is 1. The van der Waals surface area contributed by atoms with E-state index in [1.807, 2.05) is 17.5 Å². The average molecular weight is 417 g/mol. The number of methoxy groups -OCH3 is 2. The Balaban J connectivity index is 1.49. The van der Waals surface area contributed by atoms with E-state index in [0.717, 1.165) is 11.1 Å². The summed E-state index contributed by atoms with van der Waals surface area (Å²) in [6.07, 6.45) is 0.723. The standard InChI is InChI=1S/C21H23NO6S/c1-26-17-10-14-7-8-22(12-15(14)11-18(17)27-2)20(24)13-28-21(25)6-5-16(23)19-4-3-9-29-19/h3-4,9-11H,5-8,12-13H2,1-2H3. The van der Waals surface area contributed by atoms with Crippen LogP contribution in [0.1, 0.15) is 33.6 Å². The van der Waals surface area contributed by atoms with E-state index in [-0.39, 0.29) is 31.1 Å². The molecule has 0 aliphatic carbocycles. The monoisotopic (exact) mass is 417 g/mol. The van der Waals surface area contributed by atoms with E-state index < -0.39 is 5.97 Å². The number of carbonyl (C=O) groups is 3. The molecule has 0 bridgehead atoms. The second-order valence-corrected chi connectivity index (χ2v) is 7.55. The summed E-state index contributed by atoms with van der Waals surface area (Å²) < 4.78 is 15.7. The fraction of sp³-hybridized carbons (Fsp3) is 0.381. The molecule has 1 aliphatic heterocycles. The van der Waals surface area contributed by atoms with E-state index >= 15 is 0 Å². The van der Waals surface area contributed by atoms with Crippen molar-refractivity contribution in [2.75, 3.05) is 27.4 Å². The van der Waals surface area contributed by atoms with Gasteiger partial charge in [-0.3, -0.25) is 14.4 Å². The second kappa shape index (κ2) is 9.56. The quantitative estimate of drug-likeness (QED) is 0.485. The highest BCUT2D eigenvalue weighted by Crippen LogP contribution is 2.33. The topological polar surface area (TPSA) is 82.1 Å². The molecule has 0 radical (unpaired) electrons. The van der Waals surface area contributed by atoms with Crippen molar-refractivity contribution in [3.05, 3.63) is 45.6 Å². The number of ether oxygens (including phenoxy) is 3. The highest BCUT2D eigenvalue weighted by atomic mass is 32.1. The van der Waals surface area contributed by atoms with Crippen LogP contribution in [-0.2, 0) is 27.3 Å². The summed E-state index contributed by atoms with van der Waals surface area (Å²) >= 11 is 1.34. The molecular weight excluding hydrogens is 394 g/mol. The Bertz CT molecular complexity index is 893. The number of carbonyl (C=O) groups excluding carboxylic acids is 3. The number of rotatable bonds is 8. The summed E-state index contributed by atoms with van der Waals surface area (Å²) in [6.45, 7) is 0.632. The molecule has 154 valence electrons. The molecule has 0 unspecified atom stereocenters. The first-order valence-corrected chi connectivity index (χ1v) is 10.1. The normalized spacial score (nSPS) is 12.8. The molecule has 1 amide bonds. The summed E-state index contributed by atoms with van der Waals surface area (Å²) in [5.74, 6) is 0.371. The van der Waals surface area contributed by atoms with Crippen molar-refractivity contribution in [2.45, 2.75) is 25.8 Å². The minimum Gasteiger partial charge on any atom is -0.493 e. The van der Waals surface area contributed by atoms with Gasteiger partial charge in [0.1, 0.15) is 0 Å². The Kier molecular flexibility index (Phi) is 6.87. The lowest BCUT2D eigenvalue weighted by Gasteiger charge is -2.29. The van der Waals surface area contributed by atoms with Crippen LogP contribution < -0.4 is 9.47 Å². The number of benzene rings is 1. The van der Waals surface area contributed by atoms with Crippen molar-refractivity contribution in [1.82, 2.24) is 4.90 Å². The number of thiophene rings is 1. The molecule has 2 heterocycles. The smallest absolute Gasteiger partial charge is 0.306 e. The summed E-state index contributed by atoms with van der Waals surface area (Å²) in [4.78, 5) is 38.5. The van der Waals surface area contributed by atoms with E-state index in [1.54, 1.807) is 31.3 Å². The first-order chi connectivity index (χ1) is 14.0. The minimum atomic E-state index is -0.549. The van der Waals surface area contributed by atoms with Crippen LogP contribution in [0.25, 0.3) is 0 Å². The molecule has 1 aliphatic rings. The number of Topliss-reactive ketones (excluding diaryl/α,β-unsaturated/α-hetero) is 1. The van der Waals surface area contributed by atoms with E-state index in [1.165, 1.54) is 11.3 Å². The fourth-order valence-electron chi connectivity index (χ4n) is 3.18. The average Bonchev–Trinajstić information content (AvgIpc) is 3.29. The second-order valence-electron chi connectivity index (χ2n) is 6.60. The molecule has 2 aromatic rings. The van der Waals surface area contributed by atoms with Crippen molar-refractivity contribution in [1.29, 1.82) is 0 Å². The van der Waals surface area contributed by atoms with E-state index in [0.29, 0.717) is 35.9 Å². The van der Waals surface area contributed by atoms with Crippen LogP contribution in [0.2, 0.25) is 0 Å². The molecule has 0 saturated heterocycles. The third-order valence-electron chi connectivity index (χ3n) is 4.78. The van der Waals surface area contributed by atoms with E-state index in [2.05, 4.69) is 0 Å². The highest BCUT2D eigenvalue weighted by Gasteiger charge is 2.23. The van der Waals surface area contributed by atoms with Crippen LogP contribution in [0.3, 0.4) is 0 Å². The molecule has 0 N–H and O–H groups in total. The van der Waals surface area contributed by atoms with Crippen LogP contribution in [0.4, 0.5) is 0 Å². The Hall–Kier alpha value is -2.87. The Morgan fingerprint density at radius 3 is 2.45 bits per heavy atom.